The van der Waals surface area contributed by atoms with Crippen molar-refractivity contribution in [2.24, 2.45) is 0 Å². The highest BCUT2D eigenvalue weighted by atomic mass is 16.3. The Morgan fingerprint density at radius 3 is 2.46 bits per heavy atom. The van der Waals surface area contributed by atoms with Crippen molar-refractivity contribution in [3.8, 4) is 0 Å². The molecule has 2 heterocycles. The molecular weight excluding hydrogens is 466 g/mol. The summed E-state index contributed by atoms with van der Waals surface area (Å²) < 4.78 is 6.96. The number of rotatable bonds is 8. The standard InChI is InChI=1S/C29H27N5O3/c1-20-13-15-22(16-14-20)34(27(35)19-33-26-12-6-5-11-25(26)31-32-33)28(24-10-4-3-8-21(24)2)29(36)30-18-23-9-7-17-37-23/h3-17,28H,18-19H2,1-2H3,(H,30,36). The Labute approximate surface area is 214 Å². The molecule has 186 valence electrons. The molecular formula is C29H27N5O3. The van der Waals surface area contributed by atoms with Crippen molar-refractivity contribution in [2.75, 3.05) is 4.90 Å². The van der Waals surface area contributed by atoms with Crippen molar-refractivity contribution in [1.82, 2.24) is 20.3 Å². The van der Waals surface area contributed by atoms with E-state index in [1.54, 1.807) is 28.0 Å². The molecule has 0 saturated carbocycles. The van der Waals surface area contributed by atoms with Crippen molar-refractivity contribution in [3.05, 3.63) is 114 Å². The van der Waals surface area contributed by atoms with Crippen LogP contribution in [0.5, 0.6) is 0 Å². The summed E-state index contributed by atoms with van der Waals surface area (Å²) in [5.41, 5.74) is 4.74. The van der Waals surface area contributed by atoms with E-state index in [1.807, 2.05) is 86.6 Å². The Hall–Kier alpha value is -4.72. The molecule has 0 aliphatic carbocycles. The second kappa shape index (κ2) is 10.5. The van der Waals surface area contributed by atoms with Crippen LogP contribution >= 0.6 is 0 Å². The third-order valence-electron chi connectivity index (χ3n) is 6.29. The third-order valence-corrected chi connectivity index (χ3v) is 6.29. The van der Waals surface area contributed by atoms with Gasteiger partial charge in [-0.15, -0.1) is 5.10 Å². The Bertz CT molecular complexity index is 1520. The summed E-state index contributed by atoms with van der Waals surface area (Å²) in [5, 5.41) is 11.3. The Balaban J connectivity index is 1.57. The minimum atomic E-state index is -0.916. The molecule has 2 amide bonds. The second-order valence-corrected chi connectivity index (χ2v) is 8.89. The number of nitrogens with one attached hydrogen (secondary N) is 1. The zero-order valence-corrected chi connectivity index (χ0v) is 20.7. The largest absolute Gasteiger partial charge is 0.467 e. The van der Waals surface area contributed by atoms with Crippen LogP contribution in [-0.4, -0.2) is 26.8 Å². The predicted octanol–water partition coefficient (Wildman–Crippen LogP) is 4.73. The number of aromatic nitrogens is 3. The maximum atomic E-state index is 14.0. The van der Waals surface area contributed by atoms with E-state index >= 15 is 0 Å². The van der Waals surface area contributed by atoms with E-state index in [4.69, 9.17) is 4.42 Å². The number of nitrogens with zero attached hydrogens (tertiary/aromatic N) is 4. The van der Waals surface area contributed by atoms with Gasteiger partial charge in [0.1, 0.15) is 23.9 Å². The topological polar surface area (TPSA) is 93.3 Å². The summed E-state index contributed by atoms with van der Waals surface area (Å²) in [7, 11) is 0. The van der Waals surface area contributed by atoms with E-state index < -0.39 is 6.04 Å². The van der Waals surface area contributed by atoms with Gasteiger partial charge in [0.2, 0.25) is 11.8 Å². The van der Waals surface area contributed by atoms with Gasteiger partial charge < -0.3 is 9.73 Å². The molecule has 1 atom stereocenters. The minimum absolute atomic E-state index is 0.0811. The fourth-order valence-electron chi connectivity index (χ4n) is 4.36. The zero-order valence-electron chi connectivity index (χ0n) is 20.7. The molecule has 0 bridgehead atoms. The highest BCUT2D eigenvalue weighted by Gasteiger charge is 2.34. The third kappa shape index (κ3) is 5.13. The number of benzene rings is 3. The van der Waals surface area contributed by atoms with Gasteiger partial charge >= 0.3 is 0 Å². The monoisotopic (exact) mass is 493 g/mol. The van der Waals surface area contributed by atoms with Crippen molar-refractivity contribution in [3.63, 3.8) is 0 Å². The highest BCUT2D eigenvalue weighted by Crippen LogP contribution is 2.31. The van der Waals surface area contributed by atoms with Crippen LogP contribution < -0.4 is 10.2 Å². The second-order valence-electron chi connectivity index (χ2n) is 8.89. The van der Waals surface area contributed by atoms with Gasteiger partial charge in [0.15, 0.2) is 0 Å². The SMILES string of the molecule is Cc1ccc(N(C(=O)Cn2nnc3ccccc32)C(C(=O)NCc2ccco2)c2ccccc2C)cc1. The number of carbonyl (C=O) groups excluding carboxylic acids is 2. The molecule has 1 N–H and O–H groups in total. The highest BCUT2D eigenvalue weighted by molar-refractivity contribution is 6.01. The lowest BCUT2D eigenvalue weighted by atomic mass is 9.98. The maximum absolute atomic E-state index is 14.0. The fourth-order valence-corrected chi connectivity index (χ4v) is 4.36. The summed E-state index contributed by atoms with van der Waals surface area (Å²) in [5.74, 6) is 0.0168. The van der Waals surface area contributed by atoms with Crippen molar-refractivity contribution in [2.45, 2.75) is 33.0 Å². The molecule has 3 aromatic carbocycles. The van der Waals surface area contributed by atoms with Crippen LogP contribution in [0, 0.1) is 13.8 Å². The van der Waals surface area contributed by atoms with Gasteiger partial charge in [0.25, 0.3) is 0 Å². The van der Waals surface area contributed by atoms with Crippen molar-refractivity contribution < 1.29 is 14.0 Å². The van der Waals surface area contributed by atoms with Crippen molar-refractivity contribution >= 4 is 28.5 Å². The molecule has 0 saturated heterocycles. The van der Waals surface area contributed by atoms with Crippen molar-refractivity contribution in [1.29, 1.82) is 0 Å². The number of furan rings is 1. The normalized spacial score (nSPS) is 11.8. The summed E-state index contributed by atoms with van der Waals surface area (Å²) >= 11 is 0. The molecule has 0 spiro atoms. The molecule has 8 nitrogen and oxygen atoms in total. The molecule has 1 unspecified atom stereocenters. The molecule has 0 aliphatic rings. The summed E-state index contributed by atoms with van der Waals surface area (Å²) in [6.07, 6.45) is 1.56. The molecule has 0 aliphatic heterocycles. The minimum Gasteiger partial charge on any atom is -0.467 e. The Kier molecular flexibility index (Phi) is 6.81. The van der Waals surface area contributed by atoms with E-state index in [0.29, 0.717) is 17.0 Å². The fraction of sp³-hybridized carbons (Fsp3) is 0.172. The Morgan fingerprint density at radius 2 is 1.70 bits per heavy atom. The van der Waals surface area contributed by atoms with Gasteiger partial charge in [0, 0.05) is 5.69 Å². The van der Waals surface area contributed by atoms with E-state index in [-0.39, 0.29) is 24.9 Å². The van der Waals surface area contributed by atoms with Crippen LogP contribution in [-0.2, 0) is 22.7 Å². The first-order chi connectivity index (χ1) is 18.0. The Morgan fingerprint density at radius 1 is 0.946 bits per heavy atom. The molecule has 37 heavy (non-hydrogen) atoms. The number of carbonyl (C=O) groups is 2. The van der Waals surface area contributed by atoms with E-state index in [9.17, 15) is 9.59 Å². The van der Waals surface area contributed by atoms with Crippen LogP contribution in [0.2, 0.25) is 0 Å². The number of hydrogen-bond acceptors (Lipinski definition) is 5. The molecule has 5 aromatic rings. The predicted molar refractivity (Wildman–Crippen MR) is 141 cm³/mol. The van der Waals surface area contributed by atoms with Crippen LogP contribution in [0.4, 0.5) is 5.69 Å². The van der Waals surface area contributed by atoms with Gasteiger partial charge in [-0.1, -0.05) is 59.3 Å². The molecule has 8 heteroatoms. The first-order valence-electron chi connectivity index (χ1n) is 12.0. The molecule has 0 fully saturated rings. The summed E-state index contributed by atoms with van der Waals surface area (Å²) in [6, 6.07) is 25.3. The van der Waals surface area contributed by atoms with Crippen LogP contribution in [0.1, 0.15) is 28.5 Å². The lowest BCUT2D eigenvalue weighted by Gasteiger charge is -2.32. The average molecular weight is 494 g/mol. The quantitative estimate of drug-likeness (QED) is 0.337. The number of para-hydroxylation sites is 1. The van der Waals surface area contributed by atoms with Gasteiger partial charge in [-0.25, -0.2) is 4.68 Å². The lowest BCUT2D eigenvalue weighted by Crippen LogP contribution is -2.45. The van der Waals surface area contributed by atoms with E-state index in [1.165, 1.54) is 0 Å². The van der Waals surface area contributed by atoms with Crippen LogP contribution in [0.3, 0.4) is 0 Å². The average Bonchev–Trinajstić information content (AvgIpc) is 3.58. The van der Waals surface area contributed by atoms with E-state index in [0.717, 1.165) is 22.2 Å². The lowest BCUT2D eigenvalue weighted by molar-refractivity contribution is -0.127. The van der Waals surface area contributed by atoms with Gasteiger partial charge in [0.05, 0.1) is 18.3 Å². The summed E-state index contributed by atoms with van der Waals surface area (Å²) in [4.78, 5) is 29.4. The van der Waals surface area contributed by atoms with Gasteiger partial charge in [-0.3, -0.25) is 14.5 Å². The number of fused-ring (bicyclic) bond motifs is 1. The maximum Gasteiger partial charge on any atom is 0.249 e. The number of amides is 2. The summed E-state index contributed by atoms with van der Waals surface area (Å²) in [6.45, 7) is 4.04. The van der Waals surface area contributed by atoms with Gasteiger partial charge in [-0.2, -0.15) is 0 Å². The van der Waals surface area contributed by atoms with Gasteiger partial charge in [-0.05, 0) is 61.4 Å². The van der Waals surface area contributed by atoms with E-state index in [2.05, 4.69) is 15.6 Å². The number of anilines is 1. The first kappa shape index (κ1) is 24.0. The first-order valence-corrected chi connectivity index (χ1v) is 12.0. The molecule has 2 aromatic heterocycles. The molecule has 0 radical (unpaired) electrons. The molecule has 5 rings (SSSR count). The van der Waals surface area contributed by atoms with Crippen LogP contribution in [0.15, 0.2) is 95.6 Å². The number of hydrogen-bond donors (Lipinski definition) is 1. The smallest absolute Gasteiger partial charge is 0.249 e. The number of aryl methyl sites for hydroxylation is 2. The van der Waals surface area contributed by atoms with Crippen LogP contribution in [0.25, 0.3) is 11.0 Å². The zero-order chi connectivity index (χ0) is 25.8.